The second kappa shape index (κ2) is 7.79. The summed E-state index contributed by atoms with van der Waals surface area (Å²) in [6.07, 6.45) is 0. The maximum Gasteiger partial charge on any atom is 0.228 e. The van der Waals surface area contributed by atoms with Crippen LogP contribution in [0.25, 0.3) is 0 Å². The summed E-state index contributed by atoms with van der Waals surface area (Å²) in [6, 6.07) is 0.590. The van der Waals surface area contributed by atoms with Gasteiger partial charge in [-0.1, -0.05) is 11.8 Å². The molecule has 7 heteroatoms. The van der Waals surface area contributed by atoms with E-state index in [0.717, 1.165) is 21.9 Å². The highest BCUT2D eigenvalue weighted by Crippen LogP contribution is 2.18. The van der Waals surface area contributed by atoms with Crippen molar-refractivity contribution in [1.29, 1.82) is 0 Å². The Morgan fingerprint density at radius 1 is 0.905 bits per heavy atom. The molecule has 21 heavy (non-hydrogen) atoms. The third-order valence-corrected chi connectivity index (χ3v) is 3.27. The van der Waals surface area contributed by atoms with Crippen LogP contribution in [0, 0.1) is 0 Å². The van der Waals surface area contributed by atoms with E-state index in [9.17, 15) is 0 Å². The number of rotatable bonds is 8. The van der Waals surface area contributed by atoms with Crippen molar-refractivity contribution in [1.82, 2.24) is 15.0 Å². The fraction of sp³-hybridized carbons (Fsp3) is 0.786. The topological polar surface area (TPSA) is 62.7 Å². The molecule has 1 aromatic heterocycles. The number of hydrogen-bond donors (Lipinski definition) is 2. The maximum absolute atomic E-state index is 4.48. The Labute approximate surface area is 132 Å². The van der Waals surface area contributed by atoms with E-state index in [0.29, 0.717) is 24.0 Å². The van der Waals surface area contributed by atoms with Crippen LogP contribution in [-0.2, 0) is 0 Å². The normalized spacial score (nSPS) is 12.0. The van der Waals surface area contributed by atoms with Crippen molar-refractivity contribution in [3.63, 3.8) is 0 Å². The highest BCUT2D eigenvalue weighted by Gasteiger charge is 2.11. The summed E-state index contributed by atoms with van der Waals surface area (Å²) in [4.78, 5) is 13.4. The molecule has 0 spiro atoms. The Bertz CT molecular complexity index is 413. The fourth-order valence-electron chi connectivity index (χ4n) is 1.48. The molecule has 120 valence electrons. The summed E-state index contributed by atoms with van der Waals surface area (Å²) >= 11 is 1.67. The van der Waals surface area contributed by atoms with Crippen LogP contribution in [-0.4, -0.2) is 65.0 Å². The van der Waals surface area contributed by atoms with Crippen molar-refractivity contribution in [2.75, 3.05) is 44.1 Å². The van der Waals surface area contributed by atoms with Gasteiger partial charge in [0, 0.05) is 12.1 Å². The minimum absolute atomic E-state index is 0.295. The van der Waals surface area contributed by atoms with Crippen LogP contribution in [0.3, 0.4) is 0 Å². The average molecular weight is 313 g/mol. The van der Waals surface area contributed by atoms with E-state index >= 15 is 0 Å². The first kappa shape index (κ1) is 18.0. The molecule has 0 aliphatic carbocycles. The van der Waals surface area contributed by atoms with Crippen molar-refractivity contribution in [2.24, 2.45) is 0 Å². The summed E-state index contributed by atoms with van der Waals surface area (Å²) in [6.45, 7) is 9.36. The molecular weight excluding hydrogens is 284 g/mol. The predicted molar refractivity (Wildman–Crippen MR) is 91.0 cm³/mol. The summed E-state index contributed by atoms with van der Waals surface area (Å²) < 4.78 is 0.937. The lowest BCUT2D eigenvalue weighted by Gasteiger charge is -2.23. The lowest BCUT2D eigenvalue weighted by Crippen LogP contribution is -2.36. The zero-order chi connectivity index (χ0) is 16.0. The minimum atomic E-state index is 0.295. The molecule has 1 aromatic rings. The van der Waals surface area contributed by atoms with Gasteiger partial charge in [0.2, 0.25) is 11.9 Å². The Kier molecular flexibility index (Phi) is 6.67. The Morgan fingerprint density at radius 3 is 1.76 bits per heavy atom. The van der Waals surface area contributed by atoms with Gasteiger partial charge < -0.3 is 15.1 Å². The molecule has 6 nitrogen and oxygen atoms in total. The number of nitrogens with zero attached hydrogens (tertiary/aromatic N) is 4. The van der Waals surface area contributed by atoms with Gasteiger partial charge in [0.15, 0.2) is 5.16 Å². The lowest BCUT2D eigenvalue weighted by molar-refractivity contribution is -0.867. The average Bonchev–Trinajstić information content (AvgIpc) is 2.24. The fourth-order valence-corrected chi connectivity index (χ4v) is 2.60. The van der Waals surface area contributed by atoms with Crippen LogP contribution in [0.15, 0.2) is 5.16 Å². The zero-order valence-corrected chi connectivity index (χ0v) is 15.1. The van der Waals surface area contributed by atoms with Crippen LogP contribution in [0.5, 0.6) is 0 Å². The summed E-state index contributed by atoms with van der Waals surface area (Å²) in [5, 5.41) is 7.26. The first-order valence-electron chi connectivity index (χ1n) is 7.38. The molecule has 1 heterocycles. The summed E-state index contributed by atoms with van der Waals surface area (Å²) in [5.74, 6) is 2.25. The van der Waals surface area contributed by atoms with Crippen LogP contribution in [0.2, 0.25) is 0 Å². The zero-order valence-electron chi connectivity index (χ0n) is 14.3. The second-order valence-corrected chi connectivity index (χ2v) is 7.79. The number of aromatic nitrogens is 3. The first-order chi connectivity index (χ1) is 9.65. The van der Waals surface area contributed by atoms with Crippen LogP contribution < -0.4 is 10.6 Å². The quantitative estimate of drug-likeness (QED) is 0.567. The standard InChI is InChI=1S/C14H29N6S/c1-10(2)15-12-17-13(16-11(3)4)19-14(18-12)21-9-8-20(5,6)7/h10-11H,8-9H2,1-7H3,(H2,15,16,17,18,19)/q+1. The maximum atomic E-state index is 4.48. The van der Waals surface area contributed by atoms with E-state index in [1.54, 1.807) is 11.8 Å². The smallest absolute Gasteiger partial charge is 0.228 e. The Balaban J connectivity index is 2.80. The van der Waals surface area contributed by atoms with E-state index in [-0.39, 0.29) is 0 Å². The van der Waals surface area contributed by atoms with Crippen LogP contribution >= 0.6 is 11.8 Å². The third-order valence-electron chi connectivity index (χ3n) is 2.44. The molecule has 0 saturated carbocycles. The Hall–Kier alpha value is -1.08. The van der Waals surface area contributed by atoms with E-state index in [1.165, 1.54) is 0 Å². The van der Waals surface area contributed by atoms with Gasteiger partial charge in [-0.3, -0.25) is 0 Å². The van der Waals surface area contributed by atoms with Gasteiger partial charge in [0.25, 0.3) is 0 Å². The molecule has 0 saturated heterocycles. The van der Waals surface area contributed by atoms with Gasteiger partial charge in [-0.2, -0.15) is 15.0 Å². The van der Waals surface area contributed by atoms with Gasteiger partial charge in [0.1, 0.15) is 0 Å². The molecule has 0 aromatic carbocycles. The summed E-state index contributed by atoms with van der Waals surface area (Å²) in [5.41, 5.74) is 0. The first-order valence-corrected chi connectivity index (χ1v) is 8.36. The minimum Gasteiger partial charge on any atom is -0.352 e. The lowest BCUT2D eigenvalue weighted by atomic mass is 10.4. The highest BCUT2D eigenvalue weighted by atomic mass is 32.2. The van der Waals surface area contributed by atoms with Crippen molar-refractivity contribution in [2.45, 2.75) is 44.9 Å². The van der Waals surface area contributed by atoms with E-state index in [1.807, 2.05) is 0 Å². The van der Waals surface area contributed by atoms with Crippen LogP contribution in [0.1, 0.15) is 27.7 Å². The molecule has 0 bridgehead atoms. The molecule has 0 aliphatic heterocycles. The molecule has 2 N–H and O–H groups in total. The molecule has 1 rings (SSSR count). The van der Waals surface area contributed by atoms with E-state index < -0.39 is 0 Å². The second-order valence-electron chi connectivity index (χ2n) is 6.73. The van der Waals surface area contributed by atoms with Crippen molar-refractivity contribution in [3.8, 4) is 0 Å². The SMILES string of the molecule is CC(C)Nc1nc(NC(C)C)nc(SCC[N+](C)(C)C)n1. The number of nitrogens with one attached hydrogen (secondary N) is 2. The number of quaternary nitrogens is 1. The molecule has 0 fully saturated rings. The van der Waals surface area contributed by atoms with Crippen molar-refractivity contribution >= 4 is 23.7 Å². The number of hydrogen-bond acceptors (Lipinski definition) is 6. The van der Waals surface area contributed by atoms with Crippen molar-refractivity contribution < 1.29 is 4.48 Å². The molecule has 0 aliphatic rings. The summed E-state index contributed by atoms with van der Waals surface area (Å²) in [7, 11) is 6.56. The van der Waals surface area contributed by atoms with E-state index in [4.69, 9.17) is 0 Å². The molecule has 0 amide bonds. The van der Waals surface area contributed by atoms with Crippen LogP contribution in [0.4, 0.5) is 11.9 Å². The Morgan fingerprint density at radius 2 is 1.38 bits per heavy atom. The highest BCUT2D eigenvalue weighted by molar-refractivity contribution is 7.99. The van der Waals surface area contributed by atoms with Gasteiger partial charge in [-0.25, -0.2) is 0 Å². The third kappa shape index (κ3) is 8.06. The molecule has 0 radical (unpaired) electrons. The number of thioether (sulfide) groups is 1. The van der Waals surface area contributed by atoms with Gasteiger partial charge in [-0.05, 0) is 27.7 Å². The van der Waals surface area contributed by atoms with Crippen molar-refractivity contribution in [3.05, 3.63) is 0 Å². The van der Waals surface area contributed by atoms with Gasteiger partial charge >= 0.3 is 0 Å². The molecular formula is C14H29N6S+. The monoisotopic (exact) mass is 313 g/mol. The predicted octanol–water partition coefficient (Wildman–Crippen LogP) is 2.31. The largest absolute Gasteiger partial charge is 0.352 e. The molecule has 0 atom stereocenters. The van der Waals surface area contributed by atoms with E-state index in [2.05, 4.69) is 74.4 Å². The van der Waals surface area contributed by atoms with Gasteiger partial charge in [0.05, 0.1) is 33.4 Å². The number of anilines is 2. The molecule has 0 unspecified atom stereocenters. The van der Waals surface area contributed by atoms with Gasteiger partial charge in [-0.15, -0.1) is 0 Å².